The molecule has 0 radical (unpaired) electrons. The predicted octanol–water partition coefficient (Wildman–Crippen LogP) is 4.57. The number of alkyl halides is 1. The van der Waals surface area contributed by atoms with Crippen molar-refractivity contribution in [2.24, 2.45) is 0 Å². The molecule has 0 aliphatic carbocycles. The zero-order valence-corrected chi connectivity index (χ0v) is 12.0. The van der Waals surface area contributed by atoms with Crippen LogP contribution in [0.2, 0.25) is 0 Å². The summed E-state index contributed by atoms with van der Waals surface area (Å²) in [6.45, 7) is 5.05. The fourth-order valence-corrected chi connectivity index (χ4v) is 2.96. The molecular weight excluding hydrogens is 256 g/mol. The average molecular weight is 273 g/mol. The van der Waals surface area contributed by atoms with Crippen LogP contribution in [0.25, 0.3) is 0 Å². The number of hydrogen-bond acceptors (Lipinski definition) is 1. The third kappa shape index (κ3) is 2.23. The second-order valence-electron chi connectivity index (χ2n) is 5.12. The highest BCUT2D eigenvalue weighted by Gasteiger charge is 2.18. The molecule has 2 heteroatoms. The summed E-state index contributed by atoms with van der Waals surface area (Å²) < 4.78 is 5.54. The van der Waals surface area contributed by atoms with E-state index in [-0.39, 0.29) is 5.38 Å². The second-order valence-corrected chi connectivity index (χ2v) is 5.55. The van der Waals surface area contributed by atoms with Gasteiger partial charge in [-0.2, -0.15) is 0 Å². The summed E-state index contributed by atoms with van der Waals surface area (Å²) in [6.07, 6.45) is 0.986. The van der Waals surface area contributed by atoms with Crippen LogP contribution in [-0.4, -0.2) is 6.61 Å². The summed E-state index contributed by atoms with van der Waals surface area (Å²) in [5.74, 6) is 1.01. The third-order valence-corrected chi connectivity index (χ3v) is 4.41. The first-order chi connectivity index (χ1) is 9.16. The molecule has 0 spiro atoms. The van der Waals surface area contributed by atoms with Crippen LogP contribution in [0, 0.1) is 13.8 Å². The molecule has 1 aliphatic heterocycles. The number of hydrogen-bond donors (Lipinski definition) is 0. The van der Waals surface area contributed by atoms with E-state index in [1.807, 2.05) is 6.07 Å². The van der Waals surface area contributed by atoms with Gasteiger partial charge in [-0.25, -0.2) is 0 Å². The largest absolute Gasteiger partial charge is 0.493 e. The Bertz CT molecular complexity index is 619. The zero-order chi connectivity index (χ0) is 13.4. The highest BCUT2D eigenvalue weighted by Crippen LogP contribution is 2.35. The monoisotopic (exact) mass is 272 g/mol. The van der Waals surface area contributed by atoms with E-state index in [9.17, 15) is 0 Å². The highest BCUT2D eigenvalue weighted by molar-refractivity contribution is 6.22. The molecule has 1 aliphatic rings. The van der Waals surface area contributed by atoms with Gasteiger partial charge in [0.15, 0.2) is 0 Å². The second kappa shape index (κ2) is 4.90. The molecule has 2 aromatic carbocycles. The molecule has 1 atom stereocenters. The lowest BCUT2D eigenvalue weighted by atomic mass is 9.96. The molecule has 0 fully saturated rings. The number of halogens is 1. The number of rotatable bonds is 2. The van der Waals surface area contributed by atoms with Crippen molar-refractivity contribution in [2.45, 2.75) is 25.6 Å². The lowest BCUT2D eigenvalue weighted by molar-refractivity contribution is 0.357. The first-order valence-electron chi connectivity index (χ1n) is 6.62. The van der Waals surface area contributed by atoms with Crippen molar-refractivity contribution in [3.05, 3.63) is 64.2 Å². The number of aryl methyl sites for hydroxylation is 1. The standard InChI is InChI=1S/C17H17ClO/c1-11-4-3-5-15(12(11)2)17(18)14-6-7-16-13(10-14)8-9-19-16/h3-7,10,17H,8-9H2,1-2H3. The quantitative estimate of drug-likeness (QED) is 0.728. The minimum absolute atomic E-state index is 0.0919. The molecule has 0 saturated heterocycles. The van der Waals surface area contributed by atoms with Crippen molar-refractivity contribution in [1.29, 1.82) is 0 Å². The van der Waals surface area contributed by atoms with Crippen LogP contribution >= 0.6 is 11.6 Å². The Morgan fingerprint density at radius 2 is 2.00 bits per heavy atom. The summed E-state index contributed by atoms with van der Waals surface area (Å²) in [7, 11) is 0. The predicted molar refractivity (Wildman–Crippen MR) is 79.3 cm³/mol. The summed E-state index contributed by atoms with van der Waals surface area (Å²) in [5.41, 5.74) is 6.18. The van der Waals surface area contributed by atoms with E-state index in [4.69, 9.17) is 16.3 Å². The van der Waals surface area contributed by atoms with E-state index in [1.54, 1.807) is 0 Å². The van der Waals surface area contributed by atoms with Gasteiger partial charge in [0.1, 0.15) is 5.75 Å². The zero-order valence-electron chi connectivity index (χ0n) is 11.2. The summed E-state index contributed by atoms with van der Waals surface area (Å²) in [6, 6.07) is 12.6. The fourth-order valence-electron chi connectivity index (χ4n) is 2.59. The molecule has 19 heavy (non-hydrogen) atoms. The van der Waals surface area contributed by atoms with Crippen LogP contribution in [0.5, 0.6) is 5.75 Å². The highest BCUT2D eigenvalue weighted by atomic mass is 35.5. The van der Waals surface area contributed by atoms with Crippen molar-refractivity contribution in [2.75, 3.05) is 6.61 Å². The van der Waals surface area contributed by atoms with Crippen LogP contribution in [0.15, 0.2) is 36.4 Å². The minimum Gasteiger partial charge on any atom is -0.493 e. The first-order valence-corrected chi connectivity index (χ1v) is 7.06. The molecule has 0 saturated carbocycles. The Labute approximate surface area is 119 Å². The van der Waals surface area contributed by atoms with Gasteiger partial charge >= 0.3 is 0 Å². The molecule has 0 aromatic heterocycles. The minimum atomic E-state index is -0.0919. The molecular formula is C17H17ClO. The van der Waals surface area contributed by atoms with Crippen molar-refractivity contribution in [3.63, 3.8) is 0 Å². The molecule has 0 amide bonds. The van der Waals surface area contributed by atoms with Gasteiger partial charge < -0.3 is 4.74 Å². The Morgan fingerprint density at radius 3 is 2.84 bits per heavy atom. The Balaban J connectivity index is 2.00. The Hall–Kier alpha value is -1.47. The van der Waals surface area contributed by atoms with E-state index in [0.717, 1.165) is 24.3 Å². The summed E-state index contributed by atoms with van der Waals surface area (Å²) >= 11 is 6.67. The van der Waals surface area contributed by atoms with Gasteiger partial charge in [-0.1, -0.05) is 30.3 Å². The molecule has 1 unspecified atom stereocenters. The Kier molecular flexibility index (Phi) is 3.24. The van der Waals surface area contributed by atoms with E-state index < -0.39 is 0 Å². The molecule has 3 rings (SSSR count). The van der Waals surface area contributed by atoms with Crippen LogP contribution in [0.1, 0.15) is 33.2 Å². The van der Waals surface area contributed by atoms with Gasteiger partial charge in [0.2, 0.25) is 0 Å². The first kappa shape index (κ1) is 12.6. The lowest BCUT2D eigenvalue weighted by Crippen LogP contribution is -1.98. The number of fused-ring (bicyclic) bond motifs is 1. The molecule has 1 heterocycles. The average Bonchev–Trinajstić information content (AvgIpc) is 2.88. The van der Waals surface area contributed by atoms with Crippen molar-refractivity contribution in [1.82, 2.24) is 0 Å². The van der Waals surface area contributed by atoms with Gasteiger partial charge in [-0.05, 0) is 47.7 Å². The Morgan fingerprint density at radius 1 is 1.16 bits per heavy atom. The SMILES string of the molecule is Cc1cccc(C(Cl)c2ccc3c(c2)CCO3)c1C. The van der Waals surface area contributed by atoms with Gasteiger partial charge in [0.25, 0.3) is 0 Å². The van der Waals surface area contributed by atoms with E-state index in [0.29, 0.717) is 0 Å². The van der Waals surface area contributed by atoms with Crippen molar-refractivity contribution in [3.8, 4) is 5.75 Å². The van der Waals surface area contributed by atoms with Crippen LogP contribution < -0.4 is 4.74 Å². The van der Waals surface area contributed by atoms with Gasteiger partial charge in [-0.3, -0.25) is 0 Å². The molecule has 0 bridgehead atoms. The third-order valence-electron chi connectivity index (χ3n) is 3.93. The molecule has 2 aromatic rings. The van der Waals surface area contributed by atoms with Crippen molar-refractivity contribution < 1.29 is 4.74 Å². The van der Waals surface area contributed by atoms with Crippen LogP contribution in [0.3, 0.4) is 0 Å². The fraction of sp³-hybridized carbons (Fsp3) is 0.294. The normalized spacial score (nSPS) is 14.9. The van der Waals surface area contributed by atoms with Gasteiger partial charge in [-0.15, -0.1) is 11.6 Å². The maximum absolute atomic E-state index is 6.67. The van der Waals surface area contributed by atoms with E-state index in [2.05, 4.69) is 44.2 Å². The molecule has 98 valence electrons. The molecule has 0 N–H and O–H groups in total. The summed E-state index contributed by atoms with van der Waals surface area (Å²) in [5, 5.41) is -0.0919. The molecule has 1 nitrogen and oxygen atoms in total. The van der Waals surface area contributed by atoms with E-state index in [1.165, 1.54) is 22.3 Å². The van der Waals surface area contributed by atoms with Gasteiger partial charge in [0.05, 0.1) is 12.0 Å². The van der Waals surface area contributed by atoms with Gasteiger partial charge in [0, 0.05) is 6.42 Å². The summed E-state index contributed by atoms with van der Waals surface area (Å²) in [4.78, 5) is 0. The van der Waals surface area contributed by atoms with E-state index >= 15 is 0 Å². The smallest absolute Gasteiger partial charge is 0.122 e. The van der Waals surface area contributed by atoms with Crippen LogP contribution in [0.4, 0.5) is 0 Å². The maximum atomic E-state index is 6.67. The van der Waals surface area contributed by atoms with Crippen molar-refractivity contribution >= 4 is 11.6 Å². The maximum Gasteiger partial charge on any atom is 0.122 e. The topological polar surface area (TPSA) is 9.23 Å². The van der Waals surface area contributed by atoms with Crippen LogP contribution in [-0.2, 0) is 6.42 Å². The number of benzene rings is 2. The number of ether oxygens (including phenoxy) is 1. The lowest BCUT2D eigenvalue weighted by Gasteiger charge is -2.15.